The molecule has 3 fully saturated rings. The molecule has 0 N–H and O–H groups in total. The summed E-state index contributed by atoms with van der Waals surface area (Å²) in [4.78, 5) is 21.8. The minimum Gasteiger partial charge on any atom is -0.378 e. The zero-order chi connectivity index (χ0) is 16.4. The summed E-state index contributed by atoms with van der Waals surface area (Å²) in [5, 5.41) is 0. The first-order valence-electron chi connectivity index (χ1n) is 9.42. The summed E-state index contributed by atoms with van der Waals surface area (Å²) in [6.45, 7) is 4.15. The van der Waals surface area contributed by atoms with Crippen LogP contribution in [-0.2, 0) is 4.74 Å². The Bertz CT molecular complexity index is 562. The lowest BCUT2D eigenvalue weighted by Crippen LogP contribution is -2.39. The number of likely N-dealkylation sites (tertiary alicyclic amines) is 1. The quantitative estimate of drug-likeness (QED) is 0.855. The maximum Gasteiger partial charge on any atom is 0.255 e. The summed E-state index contributed by atoms with van der Waals surface area (Å²) in [5.41, 5.74) is 0.733. The number of ether oxygens (including phenoxy) is 1. The number of rotatable bonds is 3. The normalized spacial score (nSPS) is 25.4. The molecule has 1 aromatic rings. The molecule has 1 amide bonds. The highest BCUT2D eigenvalue weighted by atomic mass is 16.5. The predicted octanol–water partition coefficient (Wildman–Crippen LogP) is 2.71. The summed E-state index contributed by atoms with van der Waals surface area (Å²) < 4.78 is 5.38. The van der Waals surface area contributed by atoms with E-state index in [1.165, 1.54) is 32.1 Å². The van der Waals surface area contributed by atoms with Gasteiger partial charge < -0.3 is 14.5 Å². The van der Waals surface area contributed by atoms with Gasteiger partial charge in [0, 0.05) is 31.9 Å². The zero-order valence-corrected chi connectivity index (χ0v) is 14.3. The largest absolute Gasteiger partial charge is 0.378 e. The Balaban J connectivity index is 1.45. The molecule has 0 spiro atoms. The third-order valence-electron chi connectivity index (χ3n) is 5.83. The van der Waals surface area contributed by atoms with Gasteiger partial charge in [0.2, 0.25) is 0 Å². The molecule has 5 heteroatoms. The molecule has 0 bridgehead atoms. The van der Waals surface area contributed by atoms with Gasteiger partial charge in [-0.2, -0.15) is 0 Å². The molecule has 0 radical (unpaired) electrons. The Morgan fingerprint density at radius 3 is 2.54 bits per heavy atom. The summed E-state index contributed by atoms with van der Waals surface area (Å²) in [6, 6.07) is 4.39. The van der Waals surface area contributed by atoms with E-state index in [1.807, 2.05) is 12.1 Å². The Labute approximate surface area is 144 Å². The molecule has 1 atom stereocenters. The van der Waals surface area contributed by atoms with Gasteiger partial charge in [0.1, 0.15) is 5.82 Å². The molecule has 4 rings (SSSR count). The summed E-state index contributed by atoms with van der Waals surface area (Å²) in [7, 11) is 0. The van der Waals surface area contributed by atoms with E-state index < -0.39 is 0 Å². The van der Waals surface area contributed by atoms with Crippen molar-refractivity contribution in [2.75, 3.05) is 37.7 Å². The number of pyridine rings is 1. The fraction of sp³-hybridized carbons (Fsp3) is 0.684. The van der Waals surface area contributed by atoms with Crippen molar-refractivity contribution in [1.29, 1.82) is 0 Å². The Morgan fingerprint density at radius 1 is 1.04 bits per heavy atom. The van der Waals surface area contributed by atoms with Crippen LogP contribution in [-0.4, -0.2) is 54.7 Å². The molecule has 0 unspecified atom stereocenters. The number of carbonyl (C=O) groups is 1. The average Bonchev–Trinajstić information content (AvgIpc) is 3.33. The number of amides is 1. The zero-order valence-electron chi connectivity index (χ0n) is 14.3. The molecular weight excluding hydrogens is 302 g/mol. The Hall–Kier alpha value is -1.62. The smallest absolute Gasteiger partial charge is 0.255 e. The number of hydrogen-bond donors (Lipinski definition) is 0. The SMILES string of the molecule is O=C(c1ccc(N2CCOCC2)nc1)N1CCC[C@@H]1C1CCCC1. The van der Waals surface area contributed by atoms with Crippen molar-refractivity contribution in [3.8, 4) is 0 Å². The third-order valence-corrected chi connectivity index (χ3v) is 5.83. The molecule has 2 aliphatic heterocycles. The molecule has 1 aromatic heterocycles. The van der Waals surface area contributed by atoms with Crippen molar-refractivity contribution in [2.24, 2.45) is 5.92 Å². The van der Waals surface area contributed by atoms with Crippen LogP contribution >= 0.6 is 0 Å². The van der Waals surface area contributed by atoms with Crippen molar-refractivity contribution in [3.05, 3.63) is 23.9 Å². The molecule has 3 aliphatic rings. The van der Waals surface area contributed by atoms with Crippen LogP contribution in [0.25, 0.3) is 0 Å². The van der Waals surface area contributed by atoms with Crippen LogP contribution in [0.4, 0.5) is 5.82 Å². The summed E-state index contributed by atoms with van der Waals surface area (Å²) in [5.74, 6) is 1.84. The van der Waals surface area contributed by atoms with Gasteiger partial charge in [0.25, 0.3) is 5.91 Å². The Morgan fingerprint density at radius 2 is 1.83 bits per heavy atom. The number of carbonyl (C=O) groups excluding carboxylic acids is 1. The van der Waals surface area contributed by atoms with Crippen LogP contribution in [0.2, 0.25) is 0 Å². The van der Waals surface area contributed by atoms with Gasteiger partial charge in [-0.15, -0.1) is 0 Å². The first-order valence-corrected chi connectivity index (χ1v) is 9.42. The van der Waals surface area contributed by atoms with E-state index >= 15 is 0 Å². The van der Waals surface area contributed by atoms with Crippen LogP contribution < -0.4 is 4.90 Å². The van der Waals surface area contributed by atoms with Gasteiger partial charge in [-0.3, -0.25) is 4.79 Å². The lowest BCUT2D eigenvalue weighted by atomic mass is 9.95. The molecule has 3 heterocycles. The van der Waals surface area contributed by atoms with Gasteiger partial charge in [0.15, 0.2) is 0 Å². The Kier molecular flexibility index (Phi) is 4.69. The first-order chi connectivity index (χ1) is 11.8. The van der Waals surface area contributed by atoms with Crippen LogP contribution in [0, 0.1) is 5.92 Å². The van der Waals surface area contributed by atoms with Crippen molar-refractivity contribution in [1.82, 2.24) is 9.88 Å². The maximum atomic E-state index is 13.0. The standard InChI is InChI=1S/C19H27N3O2/c23-19(22-9-3-6-17(22)15-4-1-2-5-15)16-7-8-18(20-14-16)21-10-12-24-13-11-21/h7-8,14-15,17H,1-6,9-13H2/t17-/m1/s1. The van der Waals surface area contributed by atoms with Crippen LogP contribution in [0.1, 0.15) is 48.9 Å². The van der Waals surface area contributed by atoms with E-state index in [0.717, 1.165) is 56.6 Å². The fourth-order valence-electron chi connectivity index (χ4n) is 4.53. The second-order valence-corrected chi connectivity index (χ2v) is 7.26. The van der Waals surface area contributed by atoms with Crippen LogP contribution in [0.5, 0.6) is 0 Å². The minimum atomic E-state index is 0.172. The van der Waals surface area contributed by atoms with Crippen LogP contribution in [0.3, 0.4) is 0 Å². The highest BCUT2D eigenvalue weighted by Crippen LogP contribution is 2.36. The van der Waals surface area contributed by atoms with Crippen LogP contribution in [0.15, 0.2) is 18.3 Å². The van der Waals surface area contributed by atoms with Crippen molar-refractivity contribution >= 4 is 11.7 Å². The highest BCUT2D eigenvalue weighted by Gasteiger charge is 2.36. The van der Waals surface area contributed by atoms with Crippen molar-refractivity contribution < 1.29 is 9.53 Å². The highest BCUT2D eigenvalue weighted by molar-refractivity contribution is 5.94. The first kappa shape index (κ1) is 15.9. The molecule has 24 heavy (non-hydrogen) atoms. The number of morpholine rings is 1. The summed E-state index contributed by atoms with van der Waals surface area (Å²) >= 11 is 0. The molecule has 1 saturated carbocycles. The molecule has 5 nitrogen and oxygen atoms in total. The molecule has 2 saturated heterocycles. The monoisotopic (exact) mass is 329 g/mol. The van der Waals surface area contributed by atoms with E-state index in [0.29, 0.717) is 6.04 Å². The van der Waals surface area contributed by atoms with Gasteiger partial charge in [-0.05, 0) is 43.7 Å². The van der Waals surface area contributed by atoms with Gasteiger partial charge >= 0.3 is 0 Å². The van der Waals surface area contributed by atoms with Crippen molar-refractivity contribution in [3.63, 3.8) is 0 Å². The van der Waals surface area contributed by atoms with Gasteiger partial charge in [0.05, 0.1) is 18.8 Å². The molecule has 0 aromatic carbocycles. The van der Waals surface area contributed by atoms with Gasteiger partial charge in [-0.1, -0.05) is 12.8 Å². The lowest BCUT2D eigenvalue weighted by Gasteiger charge is -2.30. The second kappa shape index (κ2) is 7.09. The lowest BCUT2D eigenvalue weighted by molar-refractivity contribution is 0.0688. The van der Waals surface area contributed by atoms with Gasteiger partial charge in [-0.25, -0.2) is 4.98 Å². The fourth-order valence-corrected chi connectivity index (χ4v) is 4.53. The summed E-state index contributed by atoms with van der Waals surface area (Å²) in [6.07, 6.45) is 9.34. The number of hydrogen-bond acceptors (Lipinski definition) is 4. The van der Waals surface area contributed by atoms with Crippen molar-refractivity contribution in [2.45, 2.75) is 44.6 Å². The average molecular weight is 329 g/mol. The number of anilines is 1. The van der Waals surface area contributed by atoms with E-state index in [-0.39, 0.29) is 5.91 Å². The molecular formula is C19H27N3O2. The second-order valence-electron chi connectivity index (χ2n) is 7.26. The minimum absolute atomic E-state index is 0.172. The third kappa shape index (κ3) is 3.14. The predicted molar refractivity (Wildman–Crippen MR) is 93.3 cm³/mol. The topological polar surface area (TPSA) is 45.7 Å². The maximum absolute atomic E-state index is 13.0. The molecule has 1 aliphatic carbocycles. The molecule has 130 valence electrons. The van der Waals surface area contributed by atoms with E-state index in [9.17, 15) is 4.79 Å². The number of aromatic nitrogens is 1. The van der Waals surface area contributed by atoms with E-state index in [1.54, 1.807) is 6.20 Å². The van der Waals surface area contributed by atoms with E-state index in [2.05, 4.69) is 14.8 Å². The van der Waals surface area contributed by atoms with E-state index in [4.69, 9.17) is 4.74 Å². The number of nitrogens with zero attached hydrogens (tertiary/aromatic N) is 3.